The average molecular weight is 354 g/mol. The molecule has 25 heavy (non-hydrogen) atoms. The van der Waals surface area contributed by atoms with Gasteiger partial charge in [0.15, 0.2) is 0 Å². The number of nitrogens with one attached hydrogen (secondary N) is 1. The number of thioether (sulfide) groups is 1. The molecule has 2 aromatic carbocycles. The van der Waals surface area contributed by atoms with Gasteiger partial charge in [0.1, 0.15) is 6.61 Å². The molecule has 2 aromatic rings. The van der Waals surface area contributed by atoms with Crippen molar-refractivity contribution in [1.29, 1.82) is 5.26 Å². The third-order valence-electron chi connectivity index (χ3n) is 3.24. The van der Waals surface area contributed by atoms with Crippen molar-refractivity contribution in [1.82, 2.24) is 0 Å². The lowest BCUT2D eigenvalue weighted by atomic mass is 10.2. The number of nitriles is 1. The topological polar surface area (TPSA) is 79.2 Å². The first-order valence-electron chi connectivity index (χ1n) is 7.66. The van der Waals surface area contributed by atoms with E-state index in [9.17, 15) is 9.59 Å². The van der Waals surface area contributed by atoms with E-state index < -0.39 is 0 Å². The summed E-state index contributed by atoms with van der Waals surface area (Å²) in [5, 5.41) is 11.5. The van der Waals surface area contributed by atoms with Gasteiger partial charge in [-0.2, -0.15) is 5.26 Å². The quantitative estimate of drug-likeness (QED) is 0.772. The molecule has 0 aliphatic rings. The highest BCUT2D eigenvalue weighted by Crippen LogP contribution is 2.11. The van der Waals surface area contributed by atoms with Gasteiger partial charge < -0.3 is 10.1 Å². The molecule has 0 bridgehead atoms. The molecule has 0 saturated heterocycles. The van der Waals surface area contributed by atoms with Crippen molar-refractivity contribution >= 4 is 29.3 Å². The van der Waals surface area contributed by atoms with Crippen molar-refractivity contribution in [3.05, 3.63) is 65.2 Å². The van der Waals surface area contributed by atoms with Crippen molar-refractivity contribution in [2.45, 2.75) is 13.5 Å². The molecule has 128 valence electrons. The van der Waals surface area contributed by atoms with Crippen LogP contribution in [-0.2, 0) is 20.9 Å². The van der Waals surface area contributed by atoms with E-state index in [1.165, 1.54) is 11.8 Å². The van der Waals surface area contributed by atoms with Crippen LogP contribution >= 0.6 is 11.8 Å². The molecule has 0 heterocycles. The zero-order chi connectivity index (χ0) is 18.1. The molecule has 5 nitrogen and oxygen atoms in total. The first-order valence-corrected chi connectivity index (χ1v) is 8.81. The van der Waals surface area contributed by atoms with Gasteiger partial charge in [0, 0.05) is 5.69 Å². The fourth-order valence-corrected chi connectivity index (χ4v) is 2.64. The summed E-state index contributed by atoms with van der Waals surface area (Å²) in [6.07, 6.45) is 0. The standard InChI is InChI=1S/C19H18N2O3S/c1-14-3-2-4-17(9-14)21-18(22)12-25-13-19(23)24-11-16-7-5-15(10-20)6-8-16/h2-9H,11-13H2,1H3,(H,21,22). The number of esters is 1. The Morgan fingerprint density at radius 2 is 1.92 bits per heavy atom. The monoisotopic (exact) mass is 354 g/mol. The van der Waals surface area contributed by atoms with Gasteiger partial charge in [-0.05, 0) is 42.3 Å². The minimum absolute atomic E-state index is 0.109. The zero-order valence-corrected chi connectivity index (χ0v) is 14.6. The number of aryl methyl sites for hydroxylation is 1. The molecule has 1 N–H and O–H groups in total. The molecule has 0 atom stereocenters. The van der Waals surface area contributed by atoms with Crippen molar-refractivity contribution in [3.8, 4) is 6.07 Å². The fraction of sp³-hybridized carbons (Fsp3) is 0.211. The summed E-state index contributed by atoms with van der Waals surface area (Å²) in [5.74, 6) is -0.245. The van der Waals surface area contributed by atoms with Crippen LogP contribution in [0, 0.1) is 18.3 Å². The number of carbonyl (C=O) groups is 2. The van der Waals surface area contributed by atoms with Gasteiger partial charge in [0.05, 0.1) is 23.1 Å². The summed E-state index contributed by atoms with van der Waals surface area (Å²) >= 11 is 1.20. The third-order valence-corrected chi connectivity index (χ3v) is 4.14. The lowest BCUT2D eigenvalue weighted by molar-refractivity contribution is -0.141. The van der Waals surface area contributed by atoms with Crippen LogP contribution in [0.3, 0.4) is 0 Å². The Labute approximate surface area is 151 Å². The van der Waals surface area contributed by atoms with Gasteiger partial charge in [0.2, 0.25) is 5.91 Å². The van der Waals surface area contributed by atoms with Crippen molar-refractivity contribution in [2.75, 3.05) is 16.8 Å². The number of anilines is 1. The maximum absolute atomic E-state index is 11.8. The van der Waals surface area contributed by atoms with E-state index >= 15 is 0 Å². The first kappa shape index (κ1) is 18.6. The Morgan fingerprint density at radius 3 is 2.60 bits per heavy atom. The predicted octanol–water partition coefficient (Wildman–Crippen LogP) is 3.28. The smallest absolute Gasteiger partial charge is 0.316 e. The molecular weight excluding hydrogens is 336 g/mol. The highest BCUT2D eigenvalue weighted by atomic mass is 32.2. The Bertz CT molecular complexity index is 782. The molecule has 2 rings (SSSR count). The number of hydrogen-bond donors (Lipinski definition) is 1. The summed E-state index contributed by atoms with van der Waals surface area (Å²) in [4.78, 5) is 23.5. The summed E-state index contributed by atoms with van der Waals surface area (Å²) in [7, 11) is 0. The highest BCUT2D eigenvalue weighted by Gasteiger charge is 2.07. The molecule has 0 spiro atoms. The average Bonchev–Trinajstić information content (AvgIpc) is 2.60. The van der Waals surface area contributed by atoms with E-state index in [-0.39, 0.29) is 30.0 Å². The zero-order valence-electron chi connectivity index (χ0n) is 13.8. The second-order valence-electron chi connectivity index (χ2n) is 5.38. The van der Waals surface area contributed by atoms with E-state index in [0.29, 0.717) is 5.56 Å². The summed E-state index contributed by atoms with van der Waals surface area (Å²) in [5.41, 5.74) is 3.19. The molecule has 0 unspecified atom stereocenters. The number of rotatable bonds is 7. The highest BCUT2D eigenvalue weighted by molar-refractivity contribution is 8.00. The number of nitrogens with zero attached hydrogens (tertiary/aromatic N) is 1. The number of hydrogen-bond acceptors (Lipinski definition) is 5. The maximum Gasteiger partial charge on any atom is 0.316 e. The molecule has 0 aliphatic heterocycles. The minimum atomic E-state index is -0.377. The molecule has 0 saturated carbocycles. The second-order valence-corrected chi connectivity index (χ2v) is 6.37. The predicted molar refractivity (Wildman–Crippen MR) is 98.1 cm³/mol. The fourth-order valence-electron chi connectivity index (χ4n) is 2.03. The second kappa shape index (κ2) is 9.50. The van der Waals surface area contributed by atoms with Crippen LogP contribution in [0.5, 0.6) is 0 Å². The van der Waals surface area contributed by atoms with Crippen molar-refractivity contribution in [3.63, 3.8) is 0 Å². The van der Waals surface area contributed by atoms with Crippen LogP contribution in [0.15, 0.2) is 48.5 Å². The molecule has 0 radical (unpaired) electrons. The van der Waals surface area contributed by atoms with E-state index in [2.05, 4.69) is 5.32 Å². The molecule has 0 aromatic heterocycles. The van der Waals surface area contributed by atoms with Crippen LogP contribution in [0.1, 0.15) is 16.7 Å². The van der Waals surface area contributed by atoms with Gasteiger partial charge >= 0.3 is 5.97 Å². The van der Waals surface area contributed by atoms with E-state index in [1.807, 2.05) is 37.3 Å². The van der Waals surface area contributed by atoms with E-state index in [4.69, 9.17) is 10.00 Å². The van der Waals surface area contributed by atoms with Gasteiger partial charge in [-0.3, -0.25) is 9.59 Å². The maximum atomic E-state index is 11.8. The first-order chi connectivity index (χ1) is 12.1. The SMILES string of the molecule is Cc1cccc(NC(=O)CSCC(=O)OCc2ccc(C#N)cc2)c1. The van der Waals surface area contributed by atoms with Crippen LogP contribution in [0.25, 0.3) is 0 Å². The van der Waals surface area contributed by atoms with Gasteiger partial charge in [-0.1, -0.05) is 24.3 Å². The number of ether oxygens (including phenoxy) is 1. The van der Waals surface area contributed by atoms with Crippen LogP contribution in [-0.4, -0.2) is 23.4 Å². The van der Waals surface area contributed by atoms with Gasteiger partial charge in [0.25, 0.3) is 0 Å². The summed E-state index contributed by atoms with van der Waals surface area (Å²) in [6.45, 7) is 2.11. The van der Waals surface area contributed by atoms with Crippen molar-refractivity contribution in [2.24, 2.45) is 0 Å². The summed E-state index contributed by atoms with van der Waals surface area (Å²) in [6, 6.07) is 16.4. The van der Waals surface area contributed by atoms with E-state index in [1.54, 1.807) is 24.3 Å². The number of carbonyl (C=O) groups excluding carboxylic acids is 2. The molecule has 0 aliphatic carbocycles. The molecule has 0 fully saturated rings. The van der Waals surface area contributed by atoms with Crippen LogP contribution < -0.4 is 5.32 Å². The Morgan fingerprint density at radius 1 is 1.16 bits per heavy atom. The number of benzene rings is 2. The lowest BCUT2D eigenvalue weighted by Gasteiger charge is -2.07. The lowest BCUT2D eigenvalue weighted by Crippen LogP contribution is -2.16. The normalized spacial score (nSPS) is 9.92. The van der Waals surface area contributed by atoms with Crippen LogP contribution in [0.2, 0.25) is 0 Å². The Hall–Kier alpha value is -2.78. The summed E-state index contributed by atoms with van der Waals surface area (Å²) < 4.78 is 5.14. The molecule has 6 heteroatoms. The Kier molecular flexibility index (Phi) is 7.05. The minimum Gasteiger partial charge on any atom is -0.460 e. The van der Waals surface area contributed by atoms with Gasteiger partial charge in [-0.15, -0.1) is 11.8 Å². The van der Waals surface area contributed by atoms with Crippen LogP contribution in [0.4, 0.5) is 5.69 Å². The number of amides is 1. The van der Waals surface area contributed by atoms with Crippen molar-refractivity contribution < 1.29 is 14.3 Å². The van der Waals surface area contributed by atoms with E-state index in [0.717, 1.165) is 16.8 Å². The van der Waals surface area contributed by atoms with Gasteiger partial charge in [-0.25, -0.2) is 0 Å². The Balaban J connectivity index is 1.66. The molecular formula is C19H18N2O3S. The molecule has 1 amide bonds. The third kappa shape index (κ3) is 6.69. The largest absolute Gasteiger partial charge is 0.460 e.